The Hall–Kier alpha value is -3.06. The summed E-state index contributed by atoms with van der Waals surface area (Å²) in [6, 6.07) is 16.8. The number of hydroxylamine groups is 1. The molecule has 4 rings (SSSR count). The second-order valence-corrected chi connectivity index (χ2v) is 6.82. The van der Waals surface area contributed by atoms with Crippen molar-refractivity contribution in [3.05, 3.63) is 60.2 Å². The smallest absolute Gasteiger partial charge is 0.416 e. The fourth-order valence-electron chi connectivity index (χ4n) is 3.76. The molecule has 0 N–H and O–H groups in total. The number of benzene rings is 2. The SMILES string of the molecule is COc1ccc([C@H]2[C@H](C(=O)N3CCOC3=O)[C@@H](C)ON2c2ccccc2)cc1. The number of hydrogen-bond acceptors (Lipinski definition) is 6. The Bertz CT molecular complexity index is 855. The third kappa shape index (κ3) is 3.18. The van der Waals surface area contributed by atoms with E-state index in [0.717, 1.165) is 17.0 Å². The highest BCUT2D eigenvalue weighted by Crippen LogP contribution is 2.43. The van der Waals surface area contributed by atoms with Crippen molar-refractivity contribution in [2.24, 2.45) is 5.92 Å². The Morgan fingerprint density at radius 2 is 1.82 bits per heavy atom. The molecule has 0 saturated carbocycles. The predicted octanol–water partition coefficient (Wildman–Crippen LogP) is 3.17. The summed E-state index contributed by atoms with van der Waals surface area (Å²) in [7, 11) is 1.61. The van der Waals surface area contributed by atoms with Crippen molar-refractivity contribution >= 4 is 17.7 Å². The van der Waals surface area contributed by atoms with Gasteiger partial charge in [0.15, 0.2) is 0 Å². The molecule has 2 aliphatic rings. The Balaban J connectivity index is 1.74. The van der Waals surface area contributed by atoms with Crippen LogP contribution in [0.25, 0.3) is 0 Å². The van der Waals surface area contributed by atoms with Gasteiger partial charge in [-0.3, -0.25) is 9.63 Å². The summed E-state index contributed by atoms with van der Waals surface area (Å²) in [5, 5.41) is 1.76. The van der Waals surface area contributed by atoms with Gasteiger partial charge in [-0.2, -0.15) is 0 Å². The lowest BCUT2D eigenvalue weighted by molar-refractivity contribution is -0.133. The van der Waals surface area contributed by atoms with Crippen LogP contribution in [0.15, 0.2) is 54.6 Å². The number of carbonyl (C=O) groups is 2. The summed E-state index contributed by atoms with van der Waals surface area (Å²) in [5.41, 5.74) is 1.74. The van der Waals surface area contributed by atoms with E-state index in [4.69, 9.17) is 14.3 Å². The van der Waals surface area contributed by atoms with Crippen molar-refractivity contribution in [2.45, 2.75) is 19.1 Å². The molecule has 2 aromatic carbocycles. The van der Waals surface area contributed by atoms with Crippen LogP contribution in [0.4, 0.5) is 10.5 Å². The van der Waals surface area contributed by atoms with Crippen molar-refractivity contribution in [1.29, 1.82) is 0 Å². The molecule has 28 heavy (non-hydrogen) atoms. The average Bonchev–Trinajstić information content (AvgIpc) is 3.31. The number of anilines is 1. The first kappa shape index (κ1) is 18.3. The van der Waals surface area contributed by atoms with Crippen LogP contribution in [0.2, 0.25) is 0 Å². The second-order valence-electron chi connectivity index (χ2n) is 6.82. The van der Waals surface area contributed by atoms with Gasteiger partial charge < -0.3 is 9.47 Å². The summed E-state index contributed by atoms with van der Waals surface area (Å²) in [5.74, 6) is -0.110. The molecule has 2 amide bonds. The molecule has 0 spiro atoms. The topological polar surface area (TPSA) is 68.3 Å². The number of ether oxygens (including phenoxy) is 2. The van der Waals surface area contributed by atoms with Gasteiger partial charge in [-0.25, -0.2) is 14.8 Å². The highest BCUT2D eigenvalue weighted by Gasteiger charge is 2.49. The summed E-state index contributed by atoms with van der Waals surface area (Å²) in [6.07, 6.45) is -1.00. The number of hydrogen-bond donors (Lipinski definition) is 0. The van der Waals surface area contributed by atoms with E-state index in [2.05, 4.69) is 0 Å². The molecule has 7 heteroatoms. The normalized spacial score (nSPS) is 24.4. The zero-order chi connectivity index (χ0) is 19.7. The lowest BCUT2D eigenvalue weighted by Crippen LogP contribution is -2.41. The summed E-state index contributed by atoms with van der Waals surface area (Å²) < 4.78 is 10.2. The van der Waals surface area contributed by atoms with Crippen LogP contribution in [-0.4, -0.2) is 43.3 Å². The monoisotopic (exact) mass is 382 g/mol. The van der Waals surface area contributed by atoms with Gasteiger partial charge in [0.1, 0.15) is 12.4 Å². The van der Waals surface area contributed by atoms with Crippen molar-refractivity contribution in [1.82, 2.24) is 4.90 Å². The first-order valence-corrected chi connectivity index (χ1v) is 9.23. The minimum atomic E-state index is -0.594. The molecular formula is C21H22N2O5. The Kier molecular flexibility index (Phi) is 4.92. The van der Waals surface area contributed by atoms with Gasteiger partial charge >= 0.3 is 6.09 Å². The Labute approximate surface area is 163 Å². The molecule has 2 heterocycles. The fraction of sp³-hybridized carbons (Fsp3) is 0.333. The van der Waals surface area contributed by atoms with Crippen molar-refractivity contribution < 1.29 is 23.9 Å². The molecule has 3 atom stereocenters. The van der Waals surface area contributed by atoms with E-state index in [0.29, 0.717) is 0 Å². The van der Waals surface area contributed by atoms with Crippen LogP contribution in [-0.2, 0) is 14.4 Å². The van der Waals surface area contributed by atoms with E-state index in [1.807, 2.05) is 61.5 Å². The molecule has 146 valence electrons. The standard InChI is InChI=1S/C21H22N2O5/c1-14-18(20(24)22-12-13-27-21(22)25)19(15-8-10-17(26-2)11-9-15)23(28-14)16-6-4-3-5-7-16/h3-11,14,18-19H,12-13H2,1-2H3/t14-,18-,19+/m1/s1. The summed E-state index contributed by atoms with van der Waals surface area (Å²) in [4.78, 5) is 32.5. The third-order valence-electron chi connectivity index (χ3n) is 5.16. The van der Waals surface area contributed by atoms with Gasteiger partial charge in [-0.1, -0.05) is 30.3 Å². The average molecular weight is 382 g/mol. The van der Waals surface area contributed by atoms with E-state index in [1.54, 1.807) is 12.2 Å². The number of methoxy groups -OCH3 is 1. The first-order valence-electron chi connectivity index (χ1n) is 9.23. The fourth-order valence-corrected chi connectivity index (χ4v) is 3.76. The van der Waals surface area contributed by atoms with Crippen LogP contribution in [0.3, 0.4) is 0 Å². The molecule has 0 aromatic heterocycles. The predicted molar refractivity (Wildman–Crippen MR) is 102 cm³/mol. The van der Waals surface area contributed by atoms with E-state index in [-0.39, 0.29) is 25.1 Å². The van der Waals surface area contributed by atoms with Gasteiger partial charge in [0.25, 0.3) is 0 Å². The molecule has 0 aliphatic carbocycles. The maximum atomic E-state index is 13.2. The van der Waals surface area contributed by atoms with E-state index in [1.165, 1.54) is 4.90 Å². The van der Waals surface area contributed by atoms with Gasteiger partial charge in [0, 0.05) is 0 Å². The van der Waals surface area contributed by atoms with Crippen molar-refractivity contribution in [2.75, 3.05) is 25.3 Å². The number of cyclic esters (lactones) is 1. The highest BCUT2D eigenvalue weighted by molar-refractivity contribution is 5.95. The molecule has 2 aromatic rings. The van der Waals surface area contributed by atoms with Crippen LogP contribution >= 0.6 is 0 Å². The van der Waals surface area contributed by atoms with Crippen LogP contribution < -0.4 is 9.80 Å². The largest absolute Gasteiger partial charge is 0.497 e. The Morgan fingerprint density at radius 1 is 1.11 bits per heavy atom. The van der Waals surface area contributed by atoms with E-state index < -0.39 is 18.1 Å². The third-order valence-corrected chi connectivity index (χ3v) is 5.16. The van der Waals surface area contributed by atoms with E-state index >= 15 is 0 Å². The van der Waals surface area contributed by atoms with Crippen LogP contribution in [0.1, 0.15) is 18.5 Å². The lowest BCUT2D eigenvalue weighted by atomic mass is 9.88. The second kappa shape index (κ2) is 7.52. The summed E-state index contributed by atoms with van der Waals surface area (Å²) in [6.45, 7) is 2.34. The van der Waals surface area contributed by atoms with Gasteiger partial charge in [-0.05, 0) is 36.8 Å². The first-order chi connectivity index (χ1) is 13.6. The molecule has 2 fully saturated rings. The summed E-state index contributed by atoms with van der Waals surface area (Å²) >= 11 is 0. The van der Waals surface area contributed by atoms with Crippen LogP contribution in [0, 0.1) is 5.92 Å². The quantitative estimate of drug-likeness (QED) is 0.809. The number of nitrogens with zero attached hydrogens (tertiary/aromatic N) is 2. The van der Waals surface area contributed by atoms with Gasteiger partial charge in [0.05, 0.1) is 37.4 Å². The number of imide groups is 1. The van der Waals surface area contributed by atoms with Gasteiger partial charge in [-0.15, -0.1) is 0 Å². The molecule has 0 bridgehead atoms. The van der Waals surface area contributed by atoms with Crippen molar-refractivity contribution in [3.8, 4) is 5.75 Å². The highest BCUT2D eigenvalue weighted by atomic mass is 16.7. The lowest BCUT2D eigenvalue weighted by Gasteiger charge is -2.28. The minimum absolute atomic E-state index is 0.224. The Morgan fingerprint density at radius 3 is 2.43 bits per heavy atom. The molecule has 7 nitrogen and oxygen atoms in total. The number of rotatable bonds is 4. The number of para-hydroxylation sites is 1. The zero-order valence-electron chi connectivity index (χ0n) is 15.8. The molecule has 2 saturated heterocycles. The zero-order valence-corrected chi connectivity index (χ0v) is 15.8. The maximum Gasteiger partial charge on any atom is 0.416 e. The van der Waals surface area contributed by atoms with E-state index in [9.17, 15) is 9.59 Å². The molecule has 0 unspecified atom stereocenters. The maximum absolute atomic E-state index is 13.2. The minimum Gasteiger partial charge on any atom is -0.497 e. The van der Waals surface area contributed by atoms with Crippen molar-refractivity contribution in [3.63, 3.8) is 0 Å². The molecule has 0 radical (unpaired) electrons. The van der Waals surface area contributed by atoms with Crippen LogP contribution in [0.5, 0.6) is 5.75 Å². The molecule has 2 aliphatic heterocycles. The molecular weight excluding hydrogens is 360 g/mol. The number of amides is 2. The number of carbonyl (C=O) groups excluding carboxylic acids is 2. The van der Waals surface area contributed by atoms with Gasteiger partial charge in [0.2, 0.25) is 5.91 Å².